The lowest BCUT2D eigenvalue weighted by Crippen LogP contribution is -2.26. The number of nitrogens with zero attached hydrogens (tertiary/aromatic N) is 2. The van der Waals surface area contributed by atoms with Gasteiger partial charge in [-0.2, -0.15) is 5.10 Å². The minimum atomic E-state index is -0.574. The van der Waals surface area contributed by atoms with Gasteiger partial charge in [0.25, 0.3) is 5.91 Å². The number of nitrogens with one attached hydrogen (secondary N) is 1. The zero-order chi connectivity index (χ0) is 15.4. The molecule has 0 spiro atoms. The van der Waals surface area contributed by atoms with Gasteiger partial charge in [0.1, 0.15) is 5.82 Å². The number of amides is 1. The second-order valence-corrected chi connectivity index (χ2v) is 5.32. The lowest BCUT2D eigenvalue weighted by molar-refractivity contribution is 0.0948. The molecule has 0 aliphatic heterocycles. The summed E-state index contributed by atoms with van der Waals surface area (Å²) in [5, 5.41) is 7.36. The van der Waals surface area contributed by atoms with Crippen LogP contribution in [-0.2, 0) is 6.54 Å². The van der Waals surface area contributed by atoms with Crippen LogP contribution >= 0.6 is 11.6 Å². The lowest BCUT2D eigenvalue weighted by atomic mass is 10.2. The van der Waals surface area contributed by atoms with Crippen molar-refractivity contribution in [3.05, 3.63) is 52.1 Å². The van der Waals surface area contributed by atoms with Gasteiger partial charge in [-0.15, -0.1) is 0 Å². The first kappa shape index (κ1) is 15.5. The van der Waals surface area contributed by atoms with E-state index in [1.165, 1.54) is 18.2 Å². The molecule has 1 amide bonds. The molecule has 0 bridgehead atoms. The predicted molar refractivity (Wildman–Crippen MR) is 80.1 cm³/mol. The van der Waals surface area contributed by atoms with E-state index >= 15 is 0 Å². The Morgan fingerprint density at radius 1 is 1.38 bits per heavy atom. The van der Waals surface area contributed by atoms with Gasteiger partial charge in [-0.25, -0.2) is 4.39 Å². The van der Waals surface area contributed by atoms with E-state index in [-0.39, 0.29) is 5.56 Å². The minimum absolute atomic E-state index is 0.0337. The summed E-state index contributed by atoms with van der Waals surface area (Å²) in [7, 11) is 0. The maximum atomic E-state index is 13.5. The summed E-state index contributed by atoms with van der Waals surface area (Å²) < 4.78 is 15.4. The summed E-state index contributed by atoms with van der Waals surface area (Å²) >= 11 is 5.76. The van der Waals surface area contributed by atoms with Crippen LogP contribution in [0.2, 0.25) is 5.02 Å². The molecule has 1 aromatic carbocycles. The van der Waals surface area contributed by atoms with Crippen molar-refractivity contribution in [2.45, 2.75) is 26.8 Å². The smallest absolute Gasteiger partial charge is 0.254 e. The summed E-state index contributed by atoms with van der Waals surface area (Å²) in [5.74, 6) is -1.03. The van der Waals surface area contributed by atoms with Gasteiger partial charge in [0.2, 0.25) is 0 Å². The monoisotopic (exact) mass is 309 g/mol. The van der Waals surface area contributed by atoms with E-state index in [4.69, 9.17) is 11.6 Å². The number of rotatable bonds is 5. The molecule has 0 saturated carbocycles. The highest BCUT2D eigenvalue weighted by Gasteiger charge is 2.11. The molecule has 112 valence electrons. The van der Waals surface area contributed by atoms with Gasteiger partial charge in [-0.05, 0) is 44.5 Å². The van der Waals surface area contributed by atoms with Crippen LogP contribution in [0.1, 0.15) is 28.2 Å². The number of hydrogen-bond acceptors (Lipinski definition) is 2. The Balaban J connectivity index is 1.84. The minimum Gasteiger partial charge on any atom is -0.352 e. The maximum Gasteiger partial charge on any atom is 0.254 e. The molecule has 0 atom stereocenters. The van der Waals surface area contributed by atoms with Gasteiger partial charge in [-0.1, -0.05) is 11.6 Å². The first-order chi connectivity index (χ1) is 9.97. The standard InChI is InChI=1S/C15H17ClFN3O/c1-10-8-11(2)20(19-10)7-3-6-18-15(21)13-9-12(16)4-5-14(13)17/h4-5,8-9H,3,6-7H2,1-2H3,(H,18,21). The molecular weight excluding hydrogens is 293 g/mol. The topological polar surface area (TPSA) is 46.9 Å². The number of aryl methyl sites for hydroxylation is 3. The molecule has 6 heteroatoms. The molecule has 0 unspecified atom stereocenters. The van der Waals surface area contributed by atoms with Crippen molar-refractivity contribution < 1.29 is 9.18 Å². The molecule has 0 fully saturated rings. The Hall–Kier alpha value is -1.88. The van der Waals surface area contributed by atoms with Crippen LogP contribution in [0, 0.1) is 19.7 Å². The zero-order valence-electron chi connectivity index (χ0n) is 12.0. The summed E-state index contributed by atoms with van der Waals surface area (Å²) in [6.07, 6.45) is 0.718. The Morgan fingerprint density at radius 3 is 2.81 bits per heavy atom. The van der Waals surface area contributed by atoms with Gasteiger partial charge in [0.05, 0.1) is 11.3 Å². The average Bonchev–Trinajstić information content (AvgIpc) is 2.75. The molecule has 2 aromatic rings. The van der Waals surface area contributed by atoms with Crippen LogP contribution in [-0.4, -0.2) is 22.2 Å². The van der Waals surface area contributed by atoms with Crippen LogP contribution in [0.4, 0.5) is 4.39 Å². The van der Waals surface area contributed by atoms with E-state index in [2.05, 4.69) is 10.4 Å². The normalized spacial score (nSPS) is 10.7. The van der Waals surface area contributed by atoms with Gasteiger partial charge in [0, 0.05) is 23.8 Å². The first-order valence-corrected chi connectivity index (χ1v) is 7.09. The molecule has 4 nitrogen and oxygen atoms in total. The molecule has 1 heterocycles. The van der Waals surface area contributed by atoms with E-state index in [1.807, 2.05) is 24.6 Å². The number of hydrogen-bond donors (Lipinski definition) is 1. The van der Waals surface area contributed by atoms with Gasteiger partial charge in [-0.3, -0.25) is 9.48 Å². The van der Waals surface area contributed by atoms with E-state index in [9.17, 15) is 9.18 Å². The highest BCUT2D eigenvalue weighted by atomic mass is 35.5. The highest BCUT2D eigenvalue weighted by Crippen LogP contribution is 2.14. The van der Waals surface area contributed by atoms with Crippen LogP contribution in [0.3, 0.4) is 0 Å². The third-order valence-corrected chi connectivity index (χ3v) is 3.34. The summed E-state index contributed by atoms with van der Waals surface area (Å²) in [6.45, 7) is 5.08. The average molecular weight is 310 g/mol. The van der Waals surface area contributed by atoms with Crippen LogP contribution < -0.4 is 5.32 Å². The Labute approximate surface area is 127 Å². The summed E-state index contributed by atoms with van der Waals surface area (Å²) in [6, 6.07) is 5.93. The maximum absolute atomic E-state index is 13.5. The van der Waals surface area contributed by atoms with Crippen molar-refractivity contribution in [2.75, 3.05) is 6.54 Å². The molecule has 1 N–H and O–H groups in total. The van der Waals surface area contributed by atoms with Gasteiger partial charge in [0.15, 0.2) is 0 Å². The zero-order valence-corrected chi connectivity index (χ0v) is 12.7. The van der Waals surface area contributed by atoms with Crippen molar-refractivity contribution in [3.63, 3.8) is 0 Å². The Bertz CT molecular complexity index is 654. The third kappa shape index (κ3) is 4.04. The van der Waals surface area contributed by atoms with Gasteiger partial charge >= 0.3 is 0 Å². The van der Waals surface area contributed by atoms with Crippen molar-refractivity contribution in [3.8, 4) is 0 Å². The molecule has 0 radical (unpaired) electrons. The molecule has 0 aliphatic rings. The fourth-order valence-electron chi connectivity index (χ4n) is 2.10. The fraction of sp³-hybridized carbons (Fsp3) is 0.333. The molecule has 0 aliphatic carbocycles. The molecule has 2 rings (SSSR count). The summed E-state index contributed by atoms with van der Waals surface area (Å²) in [5.41, 5.74) is 2.02. The Kier molecular flexibility index (Phi) is 4.96. The summed E-state index contributed by atoms with van der Waals surface area (Å²) in [4.78, 5) is 11.9. The van der Waals surface area contributed by atoms with E-state index in [0.717, 1.165) is 17.8 Å². The number of carbonyl (C=O) groups is 1. The molecule has 0 saturated heterocycles. The fourth-order valence-corrected chi connectivity index (χ4v) is 2.27. The molecule has 21 heavy (non-hydrogen) atoms. The quantitative estimate of drug-likeness (QED) is 0.863. The van der Waals surface area contributed by atoms with Crippen molar-refractivity contribution in [1.29, 1.82) is 0 Å². The number of carbonyl (C=O) groups excluding carboxylic acids is 1. The SMILES string of the molecule is Cc1cc(C)n(CCCNC(=O)c2cc(Cl)ccc2F)n1. The lowest BCUT2D eigenvalue weighted by Gasteiger charge is -2.07. The first-order valence-electron chi connectivity index (χ1n) is 6.71. The van der Waals surface area contributed by atoms with Crippen molar-refractivity contribution in [2.24, 2.45) is 0 Å². The van der Waals surface area contributed by atoms with E-state index < -0.39 is 11.7 Å². The van der Waals surface area contributed by atoms with Crippen molar-refractivity contribution >= 4 is 17.5 Å². The highest BCUT2D eigenvalue weighted by molar-refractivity contribution is 6.30. The molecular formula is C15H17ClFN3O. The predicted octanol–water partition coefficient (Wildman–Crippen LogP) is 3.11. The number of benzene rings is 1. The third-order valence-electron chi connectivity index (χ3n) is 3.11. The van der Waals surface area contributed by atoms with Crippen LogP contribution in [0.15, 0.2) is 24.3 Å². The van der Waals surface area contributed by atoms with E-state index in [0.29, 0.717) is 18.1 Å². The Morgan fingerprint density at radius 2 is 2.14 bits per heavy atom. The van der Waals surface area contributed by atoms with E-state index in [1.54, 1.807) is 0 Å². The largest absolute Gasteiger partial charge is 0.352 e. The number of halogens is 2. The van der Waals surface area contributed by atoms with Crippen molar-refractivity contribution in [1.82, 2.24) is 15.1 Å². The van der Waals surface area contributed by atoms with Gasteiger partial charge < -0.3 is 5.32 Å². The van der Waals surface area contributed by atoms with Crippen LogP contribution in [0.5, 0.6) is 0 Å². The number of aromatic nitrogens is 2. The second kappa shape index (κ2) is 6.72. The van der Waals surface area contributed by atoms with Crippen LogP contribution in [0.25, 0.3) is 0 Å². The second-order valence-electron chi connectivity index (χ2n) is 4.88. The molecule has 1 aromatic heterocycles.